The van der Waals surface area contributed by atoms with Crippen molar-refractivity contribution in [2.75, 3.05) is 0 Å². The molecule has 1 aliphatic rings. The largest absolute Gasteiger partial charge is 0.348 e. The van der Waals surface area contributed by atoms with E-state index in [0.29, 0.717) is 0 Å². The summed E-state index contributed by atoms with van der Waals surface area (Å²) in [6, 6.07) is 0. The van der Waals surface area contributed by atoms with Crippen molar-refractivity contribution in [2.24, 2.45) is 0 Å². The van der Waals surface area contributed by atoms with Crippen LogP contribution in [0.5, 0.6) is 0 Å². The first-order chi connectivity index (χ1) is 5.00. The fourth-order valence-corrected chi connectivity index (χ4v) is 1.68. The van der Waals surface area contributed by atoms with Crippen molar-refractivity contribution in [1.82, 2.24) is 0 Å². The number of halogens is 8. The number of hydrogen-bond donors (Lipinski definition) is 0. The molecule has 1 saturated carbocycles. The van der Waals surface area contributed by atoms with Gasteiger partial charge in [-0.05, 0) is 0 Å². The Hall–Kier alpha value is 0.880. The Balaban J connectivity index is 3.16. The minimum atomic E-state index is -4.62. The van der Waals surface area contributed by atoms with Gasteiger partial charge >= 0.3 is 11.8 Å². The maximum Gasteiger partial charge on any atom is 0.348 e. The summed E-state index contributed by atoms with van der Waals surface area (Å²) in [6.45, 7) is 0. The Kier molecular flexibility index (Phi) is 2.07. The molecular formula is C4Cl4F4. The molecular weight excluding hydrogens is 266 g/mol. The maximum atomic E-state index is 12.4. The second kappa shape index (κ2) is 2.27. The predicted octanol–water partition coefficient (Wildman–Crippen LogP) is 3.62. The molecule has 0 aromatic heterocycles. The van der Waals surface area contributed by atoms with Gasteiger partial charge in [0, 0.05) is 0 Å². The minimum absolute atomic E-state index is 3.16. The fraction of sp³-hybridized carbons (Fsp3) is 1.00. The summed E-state index contributed by atoms with van der Waals surface area (Å²) in [4.78, 5) is 0. The monoisotopic (exact) mass is 264 g/mol. The van der Waals surface area contributed by atoms with Gasteiger partial charge in [0.1, 0.15) is 0 Å². The van der Waals surface area contributed by atoms with Crippen LogP contribution in [0.2, 0.25) is 0 Å². The first-order valence-corrected chi connectivity index (χ1v) is 4.02. The SMILES string of the molecule is FC1(F)C(F)(F)C(Cl)(Cl)C1(Cl)Cl. The van der Waals surface area contributed by atoms with Gasteiger partial charge in [0.15, 0.2) is 0 Å². The van der Waals surface area contributed by atoms with Gasteiger partial charge in [0.2, 0.25) is 8.67 Å². The highest BCUT2D eigenvalue weighted by molar-refractivity contribution is 6.65. The number of alkyl halides is 8. The van der Waals surface area contributed by atoms with E-state index in [-0.39, 0.29) is 0 Å². The van der Waals surface area contributed by atoms with E-state index in [4.69, 9.17) is 46.4 Å². The molecule has 0 amide bonds. The van der Waals surface area contributed by atoms with Crippen molar-refractivity contribution in [3.8, 4) is 0 Å². The Labute approximate surface area is 84.7 Å². The van der Waals surface area contributed by atoms with Gasteiger partial charge in [-0.2, -0.15) is 17.6 Å². The van der Waals surface area contributed by atoms with E-state index in [1.807, 2.05) is 0 Å². The molecule has 0 saturated heterocycles. The summed E-state index contributed by atoms with van der Waals surface area (Å²) in [5.74, 6) is -9.24. The third-order valence-corrected chi connectivity index (χ3v) is 4.05. The zero-order chi connectivity index (χ0) is 10.0. The smallest absolute Gasteiger partial charge is 0.196 e. The third-order valence-electron chi connectivity index (χ3n) is 1.58. The molecule has 0 atom stereocenters. The Morgan fingerprint density at radius 1 is 0.583 bits per heavy atom. The molecule has 72 valence electrons. The molecule has 0 spiro atoms. The van der Waals surface area contributed by atoms with E-state index in [1.165, 1.54) is 0 Å². The Morgan fingerprint density at radius 3 is 0.833 bits per heavy atom. The predicted molar refractivity (Wildman–Crippen MR) is 38.8 cm³/mol. The summed E-state index contributed by atoms with van der Waals surface area (Å²) in [6.07, 6.45) is 0. The summed E-state index contributed by atoms with van der Waals surface area (Å²) in [5, 5.41) is 0. The molecule has 0 N–H and O–H groups in total. The summed E-state index contributed by atoms with van der Waals surface area (Å²) < 4.78 is 43.3. The average molecular weight is 266 g/mol. The highest BCUT2D eigenvalue weighted by Crippen LogP contribution is 2.73. The Bertz CT molecular complexity index is 159. The van der Waals surface area contributed by atoms with Gasteiger partial charge in [0.25, 0.3) is 0 Å². The highest BCUT2D eigenvalue weighted by Gasteiger charge is 2.94. The zero-order valence-corrected chi connectivity index (χ0v) is 8.05. The first-order valence-electron chi connectivity index (χ1n) is 2.51. The Morgan fingerprint density at radius 2 is 0.750 bits per heavy atom. The van der Waals surface area contributed by atoms with Gasteiger partial charge in [-0.3, -0.25) is 0 Å². The van der Waals surface area contributed by atoms with Crippen LogP contribution in [-0.4, -0.2) is 20.5 Å². The quantitative estimate of drug-likeness (QED) is 0.464. The second-order valence-corrected chi connectivity index (χ2v) is 4.95. The van der Waals surface area contributed by atoms with Crippen LogP contribution < -0.4 is 0 Å². The fourth-order valence-electron chi connectivity index (χ4n) is 0.726. The molecule has 8 heteroatoms. The normalized spacial score (nSPS) is 34.0. The molecule has 0 unspecified atom stereocenters. The molecule has 12 heavy (non-hydrogen) atoms. The molecule has 0 bridgehead atoms. The molecule has 0 nitrogen and oxygen atoms in total. The van der Waals surface area contributed by atoms with Crippen molar-refractivity contribution in [3.05, 3.63) is 0 Å². The summed E-state index contributed by atoms with van der Waals surface area (Å²) in [7, 11) is 0. The molecule has 0 heterocycles. The lowest BCUT2D eigenvalue weighted by molar-refractivity contribution is -0.288. The second-order valence-electron chi connectivity index (χ2n) is 2.30. The van der Waals surface area contributed by atoms with Crippen molar-refractivity contribution in [1.29, 1.82) is 0 Å². The minimum Gasteiger partial charge on any atom is -0.196 e. The van der Waals surface area contributed by atoms with E-state index in [0.717, 1.165) is 0 Å². The topological polar surface area (TPSA) is 0 Å². The molecule has 1 rings (SSSR count). The highest BCUT2D eigenvalue weighted by atomic mass is 35.5. The van der Waals surface area contributed by atoms with E-state index >= 15 is 0 Å². The van der Waals surface area contributed by atoms with Crippen molar-refractivity contribution >= 4 is 46.4 Å². The zero-order valence-electron chi connectivity index (χ0n) is 5.02. The van der Waals surface area contributed by atoms with E-state index in [9.17, 15) is 17.6 Å². The van der Waals surface area contributed by atoms with Gasteiger partial charge in [-0.15, -0.1) is 0 Å². The van der Waals surface area contributed by atoms with Crippen LogP contribution in [0.3, 0.4) is 0 Å². The summed E-state index contributed by atoms with van der Waals surface area (Å²) >= 11 is 19.4. The van der Waals surface area contributed by atoms with Crippen LogP contribution >= 0.6 is 46.4 Å². The van der Waals surface area contributed by atoms with Crippen LogP contribution in [0.1, 0.15) is 0 Å². The molecule has 1 fully saturated rings. The van der Waals surface area contributed by atoms with Crippen molar-refractivity contribution in [2.45, 2.75) is 20.5 Å². The van der Waals surface area contributed by atoms with Gasteiger partial charge in [-0.25, -0.2) is 0 Å². The van der Waals surface area contributed by atoms with Crippen LogP contribution in [0.25, 0.3) is 0 Å². The number of rotatable bonds is 0. The molecule has 1 aliphatic carbocycles. The first kappa shape index (κ1) is 11.0. The summed E-state index contributed by atoms with van der Waals surface area (Å²) in [5.41, 5.74) is 0. The van der Waals surface area contributed by atoms with Crippen LogP contribution in [0, 0.1) is 0 Å². The van der Waals surface area contributed by atoms with Crippen LogP contribution in [0.15, 0.2) is 0 Å². The molecule has 0 aromatic carbocycles. The molecule has 0 aliphatic heterocycles. The van der Waals surface area contributed by atoms with E-state index in [2.05, 4.69) is 0 Å². The lowest BCUT2D eigenvalue weighted by Crippen LogP contribution is -2.80. The third kappa shape index (κ3) is 0.781. The lowest BCUT2D eigenvalue weighted by Gasteiger charge is -2.54. The molecule has 0 aromatic rings. The average Bonchev–Trinajstić information content (AvgIpc) is 1.84. The lowest BCUT2D eigenvalue weighted by atomic mass is 9.86. The van der Waals surface area contributed by atoms with Gasteiger partial charge in [0.05, 0.1) is 0 Å². The van der Waals surface area contributed by atoms with E-state index in [1.54, 1.807) is 0 Å². The van der Waals surface area contributed by atoms with Crippen LogP contribution in [0.4, 0.5) is 17.6 Å². The molecule has 0 radical (unpaired) electrons. The number of hydrogen-bond acceptors (Lipinski definition) is 0. The van der Waals surface area contributed by atoms with Crippen molar-refractivity contribution in [3.63, 3.8) is 0 Å². The van der Waals surface area contributed by atoms with Crippen LogP contribution in [-0.2, 0) is 0 Å². The van der Waals surface area contributed by atoms with Crippen molar-refractivity contribution < 1.29 is 17.6 Å². The standard InChI is InChI=1S/C4Cl4F4/c5-1(6)2(7,8)4(11,12)3(1,9)10. The van der Waals surface area contributed by atoms with Gasteiger partial charge < -0.3 is 0 Å². The maximum absolute atomic E-state index is 12.4. The van der Waals surface area contributed by atoms with E-state index < -0.39 is 20.5 Å². The van der Waals surface area contributed by atoms with Gasteiger partial charge in [-0.1, -0.05) is 46.4 Å².